The van der Waals surface area contributed by atoms with Crippen molar-refractivity contribution in [2.75, 3.05) is 13.6 Å². The van der Waals surface area contributed by atoms with Crippen LogP contribution in [0.2, 0.25) is 0 Å². The molecule has 0 bridgehead atoms. The van der Waals surface area contributed by atoms with Crippen molar-refractivity contribution in [2.24, 2.45) is 11.1 Å². The van der Waals surface area contributed by atoms with E-state index in [-0.39, 0.29) is 17.4 Å². The fourth-order valence-corrected chi connectivity index (χ4v) is 3.37. The highest BCUT2D eigenvalue weighted by Crippen LogP contribution is 2.39. The number of benzene rings is 1. The van der Waals surface area contributed by atoms with Gasteiger partial charge in [0.2, 0.25) is 5.91 Å². The lowest BCUT2D eigenvalue weighted by atomic mass is 9.71. The van der Waals surface area contributed by atoms with E-state index in [9.17, 15) is 4.79 Å². The second-order valence-corrected chi connectivity index (χ2v) is 6.53. The molecule has 3 heteroatoms. The molecule has 0 aliphatic heterocycles. The maximum absolute atomic E-state index is 12.7. The van der Waals surface area contributed by atoms with Crippen molar-refractivity contribution in [3.05, 3.63) is 35.9 Å². The summed E-state index contributed by atoms with van der Waals surface area (Å²) in [5, 5.41) is 0. The molecule has 1 aromatic rings. The van der Waals surface area contributed by atoms with Crippen LogP contribution in [0, 0.1) is 5.41 Å². The summed E-state index contributed by atoms with van der Waals surface area (Å²) in [4.78, 5) is 14.5. The fourth-order valence-electron chi connectivity index (χ4n) is 3.37. The van der Waals surface area contributed by atoms with Crippen LogP contribution in [-0.2, 0) is 4.79 Å². The van der Waals surface area contributed by atoms with Gasteiger partial charge in [0.15, 0.2) is 0 Å². The Morgan fingerprint density at radius 1 is 1.24 bits per heavy atom. The SMILES string of the molecule is CC(c1ccccc1)N(C)C(=O)CC1(CN)CCCCC1. The summed E-state index contributed by atoms with van der Waals surface area (Å²) in [7, 11) is 1.91. The molecule has 3 nitrogen and oxygen atoms in total. The van der Waals surface area contributed by atoms with Gasteiger partial charge in [0, 0.05) is 13.5 Å². The number of nitrogens with zero attached hydrogens (tertiary/aromatic N) is 1. The molecule has 1 aromatic carbocycles. The third-order valence-corrected chi connectivity index (χ3v) is 5.13. The van der Waals surface area contributed by atoms with Crippen LogP contribution in [-0.4, -0.2) is 24.4 Å². The predicted molar refractivity (Wildman–Crippen MR) is 86.8 cm³/mol. The molecule has 116 valence electrons. The molecule has 1 saturated carbocycles. The second kappa shape index (κ2) is 7.08. The van der Waals surface area contributed by atoms with Crippen LogP contribution in [0.1, 0.15) is 57.1 Å². The highest BCUT2D eigenvalue weighted by Gasteiger charge is 2.34. The fraction of sp³-hybridized carbons (Fsp3) is 0.611. The molecule has 1 unspecified atom stereocenters. The van der Waals surface area contributed by atoms with Crippen molar-refractivity contribution >= 4 is 5.91 Å². The molecule has 1 aliphatic rings. The second-order valence-electron chi connectivity index (χ2n) is 6.53. The Morgan fingerprint density at radius 2 is 1.86 bits per heavy atom. The monoisotopic (exact) mass is 288 g/mol. The summed E-state index contributed by atoms with van der Waals surface area (Å²) in [6.45, 7) is 2.72. The number of nitrogens with two attached hydrogens (primary N) is 1. The Bertz CT molecular complexity index is 452. The third-order valence-electron chi connectivity index (χ3n) is 5.13. The Balaban J connectivity index is 2.01. The summed E-state index contributed by atoms with van der Waals surface area (Å²) in [5.74, 6) is 0.221. The predicted octanol–water partition coefficient (Wildman–Crippen LogP) is 3.51. The van der Waals surface area contributed by atoms with Gasteiger partial charge in [0.05, 0.1) is 6.04 Å². The van der Waals surface area contributed by atoms with Crippen molar-refractivity contribution in [1.82, 2.24) is 4.90 Å². The van der Waals surface area contributed by atoms with E-state index in [1.165, 1.54) is 24.8 Å². The Hall–Kier alpha value is -1.35. The average Bonchev–Trinajstić information content (AvgIpc) is 2.55. The number of carbonyl (C=O) groups excluding carboxylic acids is 1. The van der Waals surface area contributed by atoms with Crippen molar-refractivity contribution in [3.63, 3.8) is 0 Å². The van der Waals surface area contributed by atoms with Crippen molar-refractivity contribution in [2.45, 2.75) is 51.5 Å². The van der Waals surface area contributed by atoms with E-state index >= 15 is 0 Å². The molecule has 1 aliphatic carbocycles. The first-order valence-electron chi connectivity index (χ1n) is 8.09. The van der Waals surface area contributed by atoms with E-state index in [1.807, 2.05) is 30.1 Å². The molecule has 2 N–H and O–H groups in total. The summed E-state index contributed by atoms with van der Waals surface area (Å²) >= 11 is 0. The molecule has 2 rings (SSSR count). The van der Waals surface area contributed by atoms with E-state index < -0.39 is 0 Å². The molecular weight excluding hydrogens is 260 g/mol. The Labute approximate surface area is 128 Å². The molecule has 1 fully saturated rings. The number of rotatable bonds is 5. The molecule has 21 heavy (non-hydrogen) atoms. The lowest BCUT2D eigenvalue weighted by Gasteiger charge is -2.37. The molecule has 0 spiro atoms. The normalized spacial score (nSPS) is 19.0. The summed E-state index contributed by atoms with van der Waals surface area (Å²) in [6, 6.07) is 10.3. The number of amides is 1. The van der Waals surface area contributed by atoms with Crippen molar-refractivity contribution in [3.8, 4) is 0 Å². The van der Waals surface area contributed by atoms with Gasteiger partial charge >= 0.3 is 0 Å². The lowest BCUT2D eigenvalue weighted by Crippen LogP contribution is -2.40. The Kier molecular flexibility index (Phi) is 5.40. The van der Waals surface area contributed by atoms with Crippen LogP contribution in [0.4, 0.5) is 0 Å². The third kappa shape index (κ3) is 3.85. The standard InChI is InChI=1S/C18H28N2O/c1-15(16-9-5-3-6-10-16)20(2)17(21)13-18(14-19)11-7-4-8-12-18/h3,5-6,9-10,15H,4,7-8,11-14,19H2,1-2H3. The summed E-state index contributed by atoms with van der Waals surface area (Å²) in [5.41, 5.74) is 7.22. The molecule has 0 saturated heterocycles. The van der Waals surface area contributed by atoms with E-state index in [0.717, 1.165) is 12.8 Å². The topological polar surface area (TPSA) is 46.3 Å². The van der Waals surface area contributed by atoms with Gasteiger partial charge in [-0.1, -0.05) is 49.6 Å². The first-order valence-corrected chi connectivity index (χ1v) is 8.09. The number of carbonyl (C=O) groups is 1. The summed E-state index contributed by atoms with van der Waals surface area (Å²) in [6.07, 6.45) is 6.50. The van der Waals surface area contributed by atoms with E-state index in [0.29, 0.717) is 13.0 Å². The van der Waals surface area contributed by atoms with E-state index in [4.69, 9.17) is 5.73 Å². The zero-order valence-corrected chi connectivity index (χ0v) is 13.3. The minimum absolute atomic E-state index is 0.0417. The minimum Gasteiger partial charge on any atom is -0.339 e. The largest absolute Gasteiger partial charge is 0.339 e. The molecule has 1 atom stereocenters. The number of hydrogen-bond donors (Lipinski definition) is 1. The van der Waals surface area contributed by atoms with Crippen LogP contribution >= 0.6 is 0 Å². The molecular formula is C18H28N2O. The molecule has 0 heterocycles. The first kappa shape index (κ1) is 16.0. The van der Waals surface area contributed by atoms with Gasteiger partial charge in [-0.15, -0.1) is 0 Å². The van der Waals surface area contributed by atoms with Crippen molar-refractivity contribution < 1.29 is 4.79 Å². The molecule has 1 amide bonds. The van der Waals surface area contributed by atoms with Gasteiger partial charge in [-0.2, -0.15) is 0 Å². The van der Waals surface area contributed by atoms with Gasteiger partial charge in [-0.05, 0) is 37.3 Å². The highest BCUT2D eigenvalue weighted by molar-refractivity contribution is 5.77. The van der Waals surface area contributed by atoms with Gasteiger partial charge < -0.3 is 10.6 Å². The zero-order chi connectivity index (χ0) is 15.3. The van der Waals surface area contributed by atoms with Gasteiger partial charge in [-0.25, -0.2) is 0 Å². The van der Waals surface area contributed by atoms with Crippen LogP contribution in [0.25, 0.3) is 0 Å². The minimum atomic E-state index is 0.0417. The van der Waals surface area contributed by atoms with E-state index in [2.05, 4.69) is 19.1 Å². The lowest BCUT2D eigenvalue weighted by molar-refractivity contribution is -0.134. The average molecular weight is 288 g/mol. The van der Waals surface area contributed by atoms with Crippen LogP contribution in [0.15, 0.2) is 30.3 Å². The summed E-state index contributed by atoms with van der Waals surface area (Å²) < 4.78 is 0. The highest BCUT2D eigenvalue weighted by atomic mass is 16.2. The Morgan fingerprint density at radius 3 is 2.43 bits per heavy atom. The molecule has 0 aromatic heterocycles. The quantitative estimate of drug-likeness (QED) is 0.901. The maximum atomic E-state index is 12.7. The smallest absolute Gasteiger partial charge is 0.223 e. The van der Waals surface area contributed by atoms with Crippen LogP contribution in [0.5, 0.6) is 0 Å². The zero-order valence-electron chi connectivity index (χ0n) is 13.3. The van der Waals surface area contributed by atoms with E-state index in [1.54, 1.807) is 0 Å². The van der Waals surface area contributed by atoms with Crippen LogP contribution < -0.4 is 5.73 Å². The van der Waals surface area contributed by atoms with Gasteiger partial charge in [0.1, 0.15) is 0 Å². The first-order chi connectivity index (χ1) is 10.1. The van der Waals surface area contributed by atoms with Crippen molar-refractivity contribution in [1.29, 1.82) is 0 Å². The van der Waals surface area contributed by atoms with Crippen LogP contribution in [0.3, 0.4) is 0 Å². The number of hydrogen-bond acceptors (Lipinski definition) is 2. The van der Waals surface area contributed by atoms with Gasteiger partial charge in [-0.3, -0.25) is 4.79 Å². The molecule has 0 radical (unpaired) electrons. The maximum Gasteiger partial charge on any atom is 0.223 e. The van der Waals surface area contributed by atoms with Gasteiger partial charge in [0.25, 0.3) is 0 Å².